The molecule has 0 spiro atoms. The highest BCUT2D eigenvalue weighted by atomic mass is 19.1. The van der Waals surface area contributed by atoms with E-state index in [0.717, 1.165) is 43.9 Å². The summed E-state index contributed by atoms with van der Waals surface area (Å²) in [6.07, 6.45) is 2.99. The zero-order valence-electron chi connectivity index (χ0n) is 25.5. The van der Waals surface area contributed by atoms with Crippen LogP contribution in [0.2, 0.25) is 0 Å². The Morgan fingerprint density at radius 2 is 1.62 bits per heavy atom. The topological polar surface area (TPSA) is 107 Å². The van der Waals surface area contributed by atoms with Gasteiger partial charge < -0.3 is 20.9 Å². The van der Waals surface area contributed by atoms with Crippen molar-refractivity contribution in [1.29, 1.82) is 0 Å². The molecule has 0 radical (unpaired) electrons. The molecule has 10 nitrogen and oxygen atoms in total. The largest absolute Gasteiger partial charge is 0.339 e. The lowest BCUT2D eigenvalue weighted by Gasteiger charge is -2.32. The highest BCUT2D eigenvalue weighted by Crippen LogP contribution is 2.27. The second-order valence-corrected chi connectivity index (χ2v) is 11.4. The molecule has 230 valence electrons. The number of carbonyl (C=O) groups excluding carboxylic acids is 2. The standard InChI is InChI=1S/C34H35FN8O2/c1-22-4-10-27(38-33(44)25-7-5-24(6-8-25)20-42-16-14-41(3)15-17-42)19-30(22)40-34(45)43-13-12-28-31(36-21-37-32(28)43)39-29-11-9-26(35)18-23(29)2/h4-13,18-19,21H,14-17,20H2,1-3H3,(H,38,44)(H,40,45)(H,36,37,39). The fraction of sp³-hybridized carbons (Fsp3) is 0.235. The van der Waals surface area contributed by atoms with Crippen LogP contribution in [0.15, 0.2) is 79.3 Å². The number of piperazine rings is 1. The van der Waals surface area contributed by atoms with Crippen LogP contribution >= 0.6 is 0 Å². The van der Waals surface area contributed by atoms with Gasteiger partial charge in [0.25, 0.3) is 5.91 Å². The summed E-state index contributed by atoms with van der Waals surface area (Å²) in [5.74, 6) is -0.0558. The van der Waals surface area contributed by atoms with Gasteiger partial charge in [-0.2, -0.15) is 0 Å². The van der Waals surface area contributed by atoms with Gasteiger partial charge in [-0.3, -0.25) is 14.3 Å². The summed E-state index contributed by atoms with van der Waals surface area (Å²) in [5, 5.41) is 9.71. The summed E-state index contributed by atoms with van der Waals surface area (Å²) < 4.78 is 15.0. The highest BCUT2D eigenvalue weighted by Gasteiger charge is 2.17. The minimum absolute atomic E-state index is 0.230. The van der Waals surface area contributed by atoms with Crippen molar-refractivity contribution in [2.45, 2.75) is 20.4 Å². The minimum Gasteiger partial charge on any atom is -0.339 e. The Labute approximate surface area is 260 Å². The monoisotopic (exact) mass is 606 g/mol. The van der Waals surface area contributed by atoms with Gasteiger partial charge in [-0.25, -0.2) is 19.2 Å². The van der Waals surface area contributed by atoms with Gasteiger partial charge in [-0.05, 0) is 86.1 Å². The van der Waals surface area contributed by atoms with Gasteiger partial charge >= 0.3 is 6.03 Å². The molecule has 6 rings (SSSR count). The average molecular weight is 607 g/mol. The minimum atomic E-state index is -0.421. The Morgan fingerprint density at radius 1 is 0.844 bits per heavy atom. The van der Waals surface area contributed by atoms with E-state index in [1.807, 2.05) is 37.3 Å². The van der Waals surface area contributed by atoms with Crippen LogP contribution in [0.5, 0.6) is 0 Å². The molecule has 1 aliphatic heterocycles. The molecule has 1 aliphatic rings. The Morgan fingerprint density at radius 3 is 2.38 bits per heavy atom. The second kappa shape index (κ2) is 12.8. The molecule has 3 heterocycles. The number of aromatic nitrogens is 3. The van der Waals surface area contributed by atoms with Crippen molar-refractivity contribution in [3.63, 3.8) is 0 Å². The lowest BCUT2D eigenvalue weighted by atomic mass is 10.1. The number of hydrogen-bond acceptors (Lipinski definition) is 7. The van der Waals surface area contributed by atoms with Crippen LogP contribution in [-0.2, 0) is 6.54 Å². The molecule has 3 aromatic carbocycles. The molecule has 1 fully saturated rings. The van der Waals surface area contributed by atoms with Crippen molar-refractivity contribution in [1.82, 2.24) is 24.3 Å². The number of carbonyl (C=O) groups is 2. The van der Waals surface area contributed by atoms with Crippen molar-refractivity contribution in [3.8, 4) is 0 Å². The first-order valence-corrected chi connectivity index (χ1v) is 14.8. The number of halogens is 1. The maximum Gasteiger partial charge on any atom is 0.331 e. The number of aryl methyl sites for hydroxylation is 2. The third-order valence-electron chi connectivity index (χ3n) is 8.10. The predicted octanol–water partition coefficient (Wildman–Crippen LogP) is 6.01. The molecule has 0 unspecified atom stereocenters. The summed E-state index contributed by atoms with van der Waals surface area (Å²) in [7, 11) is 2.14. The Kier molecular flexibility index (Phi) is 8.54. The van der Waals surface area contributed by atoms with E-state index in [9.17, 15) is 14.0 Å². The Balaban J connectivity index is 1.13. The van der Waals surface area contributed by atoms with Crippen LogP contribution in [0.1, 0.15) is 27.0 Å². The van der Waals surface area contributed by atoms with Crippen molar-refractivity contribution >= 4 is 45.9 Å². The molecule has 2 aromatic heterocycles. The maximum atomic E-state index is 13.6. The zero-order chi connectivity index (χ0) is 31.5. The fourth-order valence-electron chi connectivity index (χ4n) is 5.35. The van der Waals surface area contributed by atoms with Crippen LogP contribution in [0.4, 0.5) is 32.1 Å². The Hall–Kier alpha value is -5.13. The van der Waals surface area contributed by atoms with E-state index in [2.05, 4.69) is 42.8 Å². The molecule has 0 aliphatic carbocycles. The van der Waals surface area contributed by atoms with E-state index in [1.54, 1.807) is 37.4 Å². The van der Waals surface area contributed by atoms with E-state index in [0.29, 0.717) is 39.5 Å². The van der Waals surface area contributed by atoms with Crippen molar-refractivity contribution < 1.29 is 14.0 Å². The average Bonchev–Trinajstić information content (AvgIpc) is 3.47. The van der Waals surface area contributed by atoms with E-state index < -0.39 is 6.03 Å². The third-order valence-corrected chi connectivity index (χ3v) is 8.10. The maximum absolute atomic E-state index is 13.6. The lowest BCUT2D eigenvalue weighted by molar-refractivity contribution is 0.102. The SMILES string of the molecule is Cc1ccc(NC(=O)c2ccc(CN3CCN(C)CC3)cc2)cc1NC(=O)n1ccc2c(Nc3ccc(F)cc3C)ncnc21. The predicted molar refractivity (Wildman–Crippen MR) is 175 cm³/mol. The number of rotatable bonds is 7. The molecule has 5 aromatic rings. The van der Waals surface area contributed by atoms with E-state index in [1.165, 1.54) is 28.6 Å². The fourth-order valence-corrected chi connectivity index (χ4v) is 5.35. The summed E-state index contributed by atoms with van der Waals surface area (Å²) in [6.45, 7) is 8.74. The first-order valence-electron chi connectivity index (χ1n) is 14.8. The van der Waals surface area contributed by atoms with Gasteiger partial charge in [0.15, 0.2) is 5.65 Å². The number of fused-ring (bicyclic) bond motifs is 1. The molecular formula is C34H35FN8O2. The van der Waals surface area contributed by atoms with Crippen molar-refractivity contribution in [2.75, 3.05) is 49.2 Å². The van der Waals surface area contributed by atoms with Crippen LogP contribution in [0.3, 0.4) is 0 Å². The summed E-state index contributed by atoms with van der Waals surface area (Å²) in [6, 6.07) is 18.8. The molecular weight excluding hydrogens is 571 g/mol. The molecule has 0 bridgehead atoms. The van der Waals surface area contributed by atoms with Crippen LogP contribution in [0, 0.1) is 19.7 Å². The number of nitrogens with zero attached hydrogens (tertiary/aromatic N) is 5. The molecule has 1 saturated heterocycles. The molecule has 0 saturated carbocycles. The van der Waals surface area contributed by atoms with Crippen LogP contribution in [-0.4, -0.2) is 69.5 Å². The smallest absolute Gasteiger partial charge is 0.331 e. The van der Waals surface area contributed by atoms with Crippen LogP contribution in [0.25, 0.3) is 11.0 Å². The van der Waals surface area contributed by atoms with Gasteiger partial charge in [0.2, 0.25) is 0 Å². The number of likely N-dealkylation sites (N-methyl/N-ethyl adjacent to an activating group) is 1. The molecule has 2 amide bonds. The Bertz CT molecular complexity index is 1860. The number of anilines is 4. The first kappa shape index (κ1) is 29.9. The number of amides is 2. The summed E-state index contributed by atoms with van der Waals surface area (Å²) in [4.78, 5) is 39.8. The van der Waals surface area contributed by atoms with Gasteiger partial charge in [0.1, 0.15) is 18.0 Å². The summed E-state index contributed by atoms with van der Waals surface area (Å²) >= 11 is 0. The number of hydrogen-bond donors (Lipinski definition) is 3. The molecule has 45 heavy (non-hydrogen) atoms. The lowest BCUT2D eigenvalue weighted by Crippen LogP contribution is -2.43. The molecule has 0 atom stereocenters. The van der Waals surface area contributed by atoms with Gasteiger partial charge in [-0.15, -0.1) is 0 Å². The van der Waals surface area contributed by atoms with Crippen LogP contribution < -0.4 is 16.0 Å². The van der Waals surface area contributed by atoms with Crippen molar-refractivity contribution in [3.05, 3.63) is 107 Å². The number of benzene rings is 3. The van der Waals surface area contributed by atoms with E-state index in [4.69, 9.17) is 0 Å². The van der Waals surface area contributed by atoms with E-state index >= 15 is 0 Å². The first-order chi connectivity index (χ1) is 21.7. The number of nitrogens with one attached hydrogen (secondary N) is 3. The quantitative estimate of drug-likeness (QED) is 0.208. The molecule has 3 N–H and O–H groups in total. The van der Waals surface area contributed by atoms with Crippen molar-refractivity contribution in [2.24, 2.45) is 0 Å². The van der Waals surface area contributed by atoms with Gasteiger partial charge in [0.05, 0.1) is 5.39 Å². The van der Waals surface area contributed by atoms with Gasteiger partial charge in [-0.1, -0.05) is 18.2 Å². The third kappa shape index (κ3) is 6.84. The highest BCUT2D eigenvalue weighted by molar-refractivity contribution is 6.05. The van der Waals surface area contributed by atoms with Gasteiger partial charge in [0, 0.05) is 61.5 Å². The molecule has 11 heteroatoms. The second-order valence-electron chi connectivity index (χ2n) is 11.4. The van der Waals surface area contributed by atoms with E-state index in [-0.39, 0.29) is 11.7 Å². The zero-order valence-corrected chi connectivity index (χ0v) is 25.5. The summed E-state index contributed by atoms with van der Waals surface area (Å²) in [5.41, 5.74) is 5.50. The normalized spacial score (nSPS) is 14.0.